The quantitative estimate of drug-likeness (QED) is 0.786. The van der Waals surface area contributed by atoms with Crippen molar-refractivity contribution in [2.45, 2.75) is 25.8 Å². The molecule has 0 aliphatic carbocycles. The van der Waals surface area contributed by atoms with Gasteiger partial charge in [-0.1, -0.05) is 0 Å². The minimum absolute atomic E-state index is 0.503. The van der Waals surface area contributed by atoms with E-state index in [9.17, 15) is 5.26 Å². The van der Waals surface area contributed by atoms with E-state index in [2.05, 4.69) is 35.1 Å². The molecule has 0 atom stereocenters. The van der Waals surface area contributed by atoms with Gasteiger partial charge in [-0.25, -0.2) is 0 Å². The van der Waals surface area contributed by atoms with E-state index in [4.69, 9.17) is 0 Å². The first-order valence-corrected chi connectivity index (χ1v) is 6.39. The maximum Gasteiger partial charge on any atom is 0.144 e. The number of aryl methyl sites for hydroxylation is 2. The summed E-state index contributed by atoms with van der Waals surface area (Å²) in [5.41, 5.74) is 1.52. The molecule has 1 aromatic rings. The number of piperidine rings is 1. The number of hydrogen-bond acceptors (Lipinski definition) is 4. The maximum absolute atomic E-state index is 9.26. The molecule has 2 rings (SSSR count). The Bertz CT molecular complexity index is 462. The van der Waals surface area contributed by atoms with Gasteiger partial charge in [0.2, 0.25) is 0 Å². The number of likely N-dealkylation sites (tertiary alicyclic amines) is 1. The molecule has 0 N–H and O–H groups in total. The van der Waals surface area contributed by atoms with Crippen molar-refractivity contribution in [1.82, 2.24) is 14.7 Å². The van der Waals surface area contributed by atoms with Crippen molar-refractivity contribution < 1.29 is 0 Å². The SMILES string of the molecule is Cc1nn(C)c(N(C)C2CCN(C)CC2)c1C#N. The third kappa shape index (κ3) is 2.21. The van der Waals surface area contributed by atoms with Gasteiger partial charge in [-0.2, -0.15) is 10.4 Å². The lowest BCUT2D eigenvalue weighted by Gasteiger charge is -2.36. The van der Waals surface area contributed by atoms with Crippen LogP contribution in [0, 0.1) is 18.3 Å². The van der Waals surface area contributed by atoms with Crippen LogP contribution in [-0.2, 0) is 7.05 Å². The first kappa shape index (κ1) is 12.9. The molecule has 98 valence electrons. The molecule has 1 aliphatic rings. The largest absolute Gasteiger partial charge is 0.356 e. The minimum atomic E-state index is 0.503. The van der Waals surface area contributed by atoms with Crippen LogP contribution in [0.25, 0.3) is 0 Å². The van der Waals surface area contributed by atoms with Gasteiger partial charge in [0.05, 0.1) is 5.69 Å². The van der Waals surface area contributed by atoms with Gasteiger partial charge in [0.25, 0.3) is 0 Å². The number of nitrogens with zero attached hydrogens (tertiary/aromatic N) is 5. The van der Waals surface area contributed by atoms with E-state index >= 15 is 0 Å². The summed E-state index contributed by atoms with van der Waals surface area (Å²) in [7, 11) is 6.15. The number of nitriles is 1. The van der Waals surface area contributed by atoms with E-state index in [1.807, 2.05) is 18.7 Å². The molecule has 18 heavy (non-hydrogen) atoms. The number of aromatic nitrogens is 2. The lowest BCUT2D eigenvalue weighted by Crippen LogP contribution is -2.42. The average Bonchev–Trinajstić information content (AvgIpc) is 2.63. The van der Waals surface area contributed by atoms with E-state index in [-0.39, 0.29) is 0 Å². The van der Waals surface area contributed by atoms with Crippen LogP contribution in [0.1, 0.15) is 24.1 Å². The van der Waals surface area contributed by atoms with Crippen molar-refractivity contribution in [3.63, 3.8) is 0 Å². The molecule has 0 saturated carbocycles. The van der Waals surface area contributed by atoms with Gasteiger partial charge in [0.1, 0.15) is 17.5 Å². The molecule has 2 heterocycles. The van der Waals surface area contributed by atoms with Crippen LogP contribution < -0.4 is 4.90 Å². The van der Waals surface area contributed by atoms with Gasteiger partial charge in [-0.15, -0.1) is 0 Å². The summed E-state index contributed by atoms with van der Waals surface area (Å²) in [5, 5.41) is 13.6. The van der Waals surface area contributed by atoms with Crippen molar-refractivity contribution >= 4 is 5.82 Å². The highest BCUT2D eigenvalue weighted by Crippen LogP contribution is 2.26. The molecule has 0 amide bonds. The highest BCUT2D eigenvalue weighted by atomic mass is 15.4. The third-order valence-corrected chi connectivity index (χ3v) is 3.87. The molecule has 5 nitrogen and oxygen atoms in total. The Balaban J connectivity index is 2.24. The first-order valence-electron chi connectivity index (χ1n) is 6.39. The summed E-state index contributed by atoms with van der Waals surface area (Å²) >= 11 is 0. The molecule has 1 aliphatic heterocycles. The Labute approximate surface area is 109 Å². The van der Waals surface area contributed by atoms with Gasteiger partial charge >= 0.3 is 0 Å². The second-order valence-electron chi connectivity index (χ2n) is 5.16. The summed E-state index contributed by atoms with van der Waals surface area (Å²) in [5.74, 6) is 0.949. The number of rotatable bonds is 2. The van der Waals surface area contributed by atoms with E-state index in [1.165, 1.54) is 0 Å². The maximum atomic E-state index is 9.26. The lowest BCUT2D eigenvalue weighted by atomic mass is 10.0. The monoisotopic (exact) mass is 247 g/mol. The fourth-order valence-corrected chi connectivity index (χ4v) is 2.74. The van der Waals surface area contributed by atoms with Crippen LogP contribution in [-0.4, -0.2) is 47.9 Å². The molecule has 0 unspecified atom stereocenters. The van der Waals surface area contributed by atoms with Crippen molar-refractivity contribution in [2.75, 3.05) is 32.1 Å². The van der Waals surface area contributed by atoms with Crippen LogP contribution in [0.3, 0.4) is 0 Å². The molecule has 1 fully saturated rings. The molecule has 1 saturated heterocycles. The zero-order valence-electron chi connectivity index (χ0n) is 11.6. The van der Waals surface area contributed by atoms with Crippen molar-refractivity contribution in [3.8, 4) is 6.07 Å². The third-order valence-electron chi connectivity index (χ3n) is 3.87. The molecule has 0 bridgehead atoms. The van der Waals surface area contributed by atoms with Gasteiger partial charge in [0, 0.05) is 20.1 Å². The molecule has 1 aromatic heterocycles. The fraction of sp³-hybridized carbons (Fsp3) is 0.692. The Kier molecular flexibility index (Phi) is 3.58. The zero-order chi connectivity index (χ0) is 13.3. The molecular weight excluding hydrogens is 226 g/mol. The molecule has 0 spiro atoms. The summed E-state index contributed by atoms with van der Waals surface area (Å²) < 4.78 is 1.83. The smallest absolute Gasteiger partial charge is 0.144 e. The molecule has 0 aromatic carbocycles. The summed E-state index contributed by atoms with van der Waals surface area (Å²) in [6.45, 7) is 4.13. The Morgan fingerprint density at radius 1 is 1.33 bits per heavy atom. The summed E-state index contributed by atoms with van der Waals surface area (Å²) in [4.78, 5) is 4.58. The predicted molar refractivity (Wildman–Crippen MR) is 71.6 cm³/mol. The Morgan fingerprint density at radius 3 is 2.50 bits per heavy atom. The van der Waals surface area contributed by atoms with Crippen molar-refractivity contribution in [3.05, 3.63) is 11.3 Å². The van der Waals surface area contributed by atoms with Crippen LogP contribution >= 0.6 is 0 Å². The van der Waals surface area contributed by atoms with Crippen molar-refractivity contribution in [2.24, 2.45) is 7.05 Å². The highest BCUT2D eigenvalue weighted by Gasteiger charge is 2.25. The van der Waals surface area contributed by atoms with E-state index in [0.29, 0.717) is 11.6 Å². The lowest BCUT2D eigenvalue weighted by molar-refractivity contribution is 0.252. The van der Waals surface area contributed by atoms with Crippen LogP contribution in [0.5, 0.6) is 0 Å². The molecule has 0 radical (unpaired) electrons. The second-order valence-corrected chi connectivity index (χ2v) is 5.16. The van der Waals surface area contributed by atoms with Gasteiger partial charge in [-0.3, -0.25) is 4.68 Å². The Hall–Kier alpha value is -1.54. The minimum Gasteiger partial charge on any atom is -0.356 e. The zero-order valence-corrected chi connectivity index (χ0v) is 11.6. The Morgan fingerprint density at radius 2 is 1.94 bits per heavy atom. The normalized spacial score (nSPS) is 17.7. The summed E-state index contributed by atoms with van der Waals surface area (Å²) in [6.07, 6.45) is 2.28. The molecule has 5 heteroatoms. The number of hydrogen-bond donors (Lipinski definition) is 0. The van der Waals surface area contributed by atoms with Gasteiger partial charge in [-0.05, 0) is 39.9 Å². The molecular formula is C13H21N5. The second kappa shape index (κ2) is 4.99. The van der Waals surface area contributed by atoms with Crippen LogP contribution in [0.4, 0.5) is 5.82 Å². The number of anilines is 1. The predicted octanol–water partition coefficient (Wildman–Crippen LogP) is 1.13. The van der Waals surface area contributed by atoms with Crippen LogP contribution in [0.2, 0.25) is 0 Å². The van der Waals surface area contributed by atoms with Crippen LogP contribution in [0.15, 0.2) is 0 Å². The van der Waals surface area contributed by atoms with E-state index < -0.39 is 0 Å². The standard InChI is InChI=1S/C13H21N5/c1-10-12(9-14)13(18(4)15-10)17(3)11-5-7-16(2)8-6-11/h11H,5-8H2,1-4H3. The first-order chi connectivity index (χ1) is 8.54. The van der Waals surface area contributed by atoms with E-state index in [1.54, 1.807) is 0 Å². The van der Waals surface area contributed by atoms with Gasteiger partial charge < -0.3 is 9.80 Å². The highest BCUT2D eigenvalue weighted by molar-refractivity contribution is 5.57. The fourth-order valence-electron chi connectivity index (χ4n) is 2.74. The average molecular weight is 247 g/mol. The van der Waals surface area contributed by atoms with Gasteiger partial charge in [0.15, 0.2) is 0 Å². The summed E-state index contributed by atoms with van der Waals surface area (Å²) in [6, 6.07) is 2.78. The van der Waals surface area contributed by atoms with E-state index in [0.717, 1.165) is 37.4 Å². The topological polar surface area (TPSA) is 48.1 Å². The van der Waals surface area contributed by atoms with Crippen molar-refractivity contribution in [1.29, 1.82) is 5.26 Å².